The predicted octanol–water partition coefficient (Wildman–Crippen LogP) is 5.56. The molecule has 3 aromatic rings. The summed E-state index contributed by atoms with van der Waals surface area (Å²) in [5, 5.41) is 0.766. The van der Waals surface area contributed by atoms with Gasteiger partial charge in [-0.15, -0.1) is 0 Å². The Bertz CT molecular complexity index is 1220. The molecule has 0 N–H and O–H groups in total. The van der Waals surface area contributed by atoms with Crippen LogP contribution in [0.1, 0.15) is 35.1 Å². The van der Waals surface area contributed by atoms with Crippen molar-refractivity contribution in [2.24, 2.45) is 11.8 Å². The van der Waals surface area contributed by atoms with Gasteiger partial charge in [0.25, 0.3) is 0 Å². The van der Waals surface area contributed by atoms with E-state index in [-0.39, 0.29) is 17.7 Å². The third-order valence-corrected chi connectivity index (χ3v) is 7.73. The maximum Gasteiger partial charge on any atom is 0.239 e. The molecular formula is C25H17Cl2NO2. The minimum Gasteiger partial charge on any atom is -0.274 e. The molecule has 0 radical (unpaired) electrons. The fourth-order valence-corrected chi connectivity index (χ4v) is 6.54. The Morgan fingerprint density at radius 2 is 1.43 bits per heavy atom. The summed E-state index contributed by atoms with van der Waals surface area (Å²) in [6.07, 6.45) is 0. The molecule has 3 nitrogen and oxygen atoms in total. The normalized spacial score (nSPS) is 28.4. The molecule has 1 heterocycles. The van der Waals surface area contributed by atoms with Crippen LogP contribution in [0.4, 0.5) is 5.69 Å². The lowest BCUT2D eigenvalue weighted by atomic mass is 9.48. The van der Waals surface area contributed by atoms with Gasteiger partial charge in [0.2, 0.25) is 11.8 Å². The van der Waals surface area contributed by atoms with E-state index in [0.717, 1.165) is 22.3 Å². The molecule has 148 valence electrons. The molecule has 7 rings (SSSR count). The molecule has 1 aliphatic heterocycles. The number of rotatable bonds is 1. The fourth-order valence-electron chi connectivity index (χ4n) is 6.05. The number of amides is 2. The number of hydrogen-bond donors (Lipinski definition) is 0. The maximum absolute atomic E-state index is 13.8. The highest BCUT2D eigenvalue weighted by Gasteiger charge is 2.66. The summed E-state index contributed by atoms with van der Waals surface area (Å²) in [5.41, 5.74) is 4.39. The number of carbonyl (C=O) groups is 2. The van der Waals surface area contributed by atoms with Gasteiger partial charge in [0.15, 0.2) is 0 Å². The Balaban J connectivity index is 1.62. The molecule has 1 fully saturated rings. The molecule has 5 heteroatoms. The largest absolute Gasteiger partial charge is 0.274 e. The zero-order valence-electron chi connectivity index (χ0n) is 16.1. The van der Waals surface area contributed by atoms with Crippen LogP contribution in [0.3, 0.4) is 0 Å². The van der Waals surface area contributed by atoms with Gasteiger partial charge >= 0.3 is 0 Å². The van der Waals surface area contributed by atoms with Crippen molar-refractivity contribution < 1.29 is 9.59 Å². The van der Waals surface area contributed by atoms with Crippen LogP contribution in [0.5, 0.6) is 0 Å². The third-order valence-electron chi connectivity index (χ3n) is 7.19. The standard InChI is InChI=1S/C25H17Cl2NO2/c1-25-16-8-4-2-6-14(16)20(15-7-3-5-9-17(15)25)21-22(25)24(30)28(23(21)29)19-11-10-13(26)12-18(19)27/h2-12,20-22H,1H3/t20?,21-,22+,25?/m1/s1. The van der Waals surface area contributed by atoms with Gasteiger partial charge in [-0.25, -0.2) is 4.90 Å². The molecule has 4 aliphatic rings. The van der Waals surface area contributed by atoms with Gasteiger partial charge < -0.3 is 0 Å². The molecule has 2 atom stereocenters. The first-order chi connectivity index (χ1) is 14.4. The lowest BCUT2D eigenvalue weighted by molar-refractivity contribution is -0.123. The molecule has 30 heavy (non-hydrogen) atoms. The van der Waals surface area contributed by atoms with Crippen molar-refractivity contribution in [1.29, 1.82) is 0 Å². The zero-order valence-corrected chi connectivity index (χ0v) is 17.6. The van der Waals surface area contributed by atoms with Crippen molar-refractivity contribution in [3.05, 3.63) is 99.0 Å². The second-order valence-electron chi connectivity index (χ2n) is 8.47. The van der Waals surface area contributed by atoms with E-state index < -0.39 is 17.3 Å². The van der Waals surface area contributed by atoms with E-state index >= 15 is 0 Å². The van der Waals surface area contributed by atoms with Gasteiger partial charge in [0, 0.05) is 16.4 Å². The van der Waals surface area contributed by atoms with Gasteiger partial charge in [-0.3, -0.25) is 9.59 Å². The Morgan fingerprint density at radius 3 is 2.03 bits per heavy atom. The third kappa shape index (κ3) is 2.02. The lowest BCUT2D eigenvalue weighted by Gasteiger charge is -2.52. The van der Waals surface area contributed by atoms with Crippen molar-refractivity contribution in [1.82, 2.24) is 0 Å². The first kappa shape index (κ1) is 18.2. The SMILES string of the molecule is CC12c3ccccc3C(c3ccccc31)[C@H]1C(=O)N(c3ccc(Cl)cc3Cl)C(=O)[C@H]12. The summed E-state index contributed by atoms with van der Waals surface area (Å²) in [6.45, 7) is 2.11. The number of nitrogens with zero attached hydrogens (tertiary/aromatic N) is 1. The average molecular weight is 434 g/mol. The van der Waals surface area contributed by atoms with Crippen molar-refractivity contribution >= 4 is 40.7 Å². The second kappa shape index (κ2) is 5.96. The Hall–Kier alpha value is -2.62. The van der Waals surface area contributed by atoms with Crippen LogP contribution in [0.2, 0.25) is 10.0 Å². The van der Waals surface area contributed by atoms with E-state index in [2.05, 4.69) is 31.2 Å². The van der Waals surface area contributed by atoms with Crippen molar-refractivity contribution in [3.63, 3.8) is 0 Å². The van der Waals surface area contributed by atoms with Crippen LogP contribution in [0, 0.1) is 11.8 Å². The number of carbonyl (C=O) groups excluding carboxylic acids is 2. The molecular weight excluding hydrogens is 417 g/mol. The highest BCUT2D eigenvalue weighted by Crippen LogP contribution is 2.64. The predicted molar refractivity (Wildman–Crippen MR) is 117 cm³/mol. The van der Waals surface area contributed by atoms with Gasteiger partial charge in [0.1, 0.15) is 0 Å². The molecule has 3 aliphatic carbocycles. The van der Waals surface area contributed by atoms with Crippen molar-refractivity contribution in [3.8, 4) is 0 Å². The molecule has 3 aromatic carbocycles. The van der Waals surface area contributed by atoms with Gasteiger partial charge in [-0.05, 0) is 40.5 Å². The summed E-state index contributed by atoms with van der Waals surface area (Å²) < 4.78 is 0. The van der Waals surface area contributed by atoms with E-state index in [4.69, 9.17) is 23.2 Å². The van der Waals surface area contributed by atoms with Crippen LogP contribution in [-0.2, 0) is 15.0 Å². The summed E-state index contributed by atoms with van der Waals surface area (Å²) in [5.74, 6) is -1.43. The van der Waals surface area contributed by atoms with E-state index in [0.29, 0.717) is 15.7 Å². The smallest absolute Gasteiger partial charge is 0.239 e. The number of halogens is 2. The minimum atomic E-state index is -0.576. The summed E-state index contributed by atoms with van der Waals surface area (Å²) in [7, 11) is 0. The molecule has 0 unspecified atom stereocenters. The van der Waals surface area contributed by atoms with Crippen molar-refractivity contribution in [2.45, 2.75) is 18.3 Å². The topological polar surface area (TPSA) is 37.4 Å². The van der Waals surface area contributed by atoms with Crippen LogP contribution in [0.15, 0.2) is 66.7 Å². The summed E-state index contributed by atoms with van der Waals surface area (Å²) in [4.78, 5) is 28.9. The quantitative estimate of drug-likeness (QED) is 0.470. The maximum atomic E-state index is 13.8. The Morgan fingerprint density at radius 1 is 0.833 bits per heavy atom. The molecule has 0 saturated carbocycles. The van der Waals surface area contributed by atoms with Crippen LogP contribution in [-0.4, -0.2) is 11.8 Å². The van der Waals surface area contributed by atoms with Gasteiger partial charge in [-0.2, -0.15) is 0 Å². The van der Waals surface area contributed by atoms with Crippen LogP contribution in [0.25, 0.3) is 0 Å². The zero-order chi connectivity index (χ0) is 20.8. The average Bonchev–Trinajstić information content (AvgIpc) is 3.01. The number of imide groups is 1. The van der Waals surface area contributed by atoms with E-state index in [1.807, 2.05) is 24.3 Å². The number of benzene rings is 3. The summed E-state index contributed by atoms with van der Waals surface area (Å²) in [6, 6.07) is 21.3. The van der Waals surface area contributed by atoms with Gasteiger partial charge in [-0.1, -0.05) is 78.7 Å². The van der Waals surface area contributed by atoms with E-state index in [9.17, 15) is 9.59 Å². The second-order valence-corrected chi connectivity index (χ2v) is 9.31. The molecule has 2 bridgehead atoms. The highest BCUT2D eigenvalue weighted by atomic mass is 35.5. The van der Waals surface area contributed by atoms with Gasteiger partial charge in [0.05, 0.1) is 22.5 Å². The Kier molecular flexibility index (Phi) is 3.61. The lowest BCUT2D eigenvalue weighted by Crippen LogP contribution is -2.51. The number of anilines is 1. The number of hydrogen-bond acceptors (Lipinski definition) is 2. The fraction of sp³-hybridized carbons (Fsp3) is 0.200. The first-order valence-corrected chi connectivity index (χ1v) is 10.7. The molecule has 0 aromatic heterocycles. The molecule has 0 spiro atoms. The van der Waals surface area contributed by atoms with Crippen LogP contribution >= 0.6 is 23.2 Å². The minimum absolute atomic E-state index is 0.142. The monoisotopic (exact) mass is 433 g/mol. The van der Waals surface area contributed by atoms with E-state index in [1.165, 1.54) is 4.90 Å². The van der Waals surface area contributed by atoms with E-state index in [1.54, 1.807) is 18.2 Å². The highest BCUT2D eigenvalue weighted by molar-refractivity contribution is 6.38. The molecule has 1 saturated heterocycles. The Labute approximate surface area is 184 Å². The summed E-state index contributed by atoms with van der Waals surface area (Å²) >= 11 is 12.5. The first-order valence-electron chi connectivity index (χ1n) is 9.96. The van der Waals surface area contributed by atoms with Crippen molar-refractivity contribution in [2.75, 3.05) is 4.90 Å². The molecule has 2 amide bonds. The van der Waals surface area contributed by atoms with Crippen LogP contribution < -0.4 is 4.90 Å².